The quantitative estimate of drug-likeness (QED) is 0.744. The van der Waals surface area contributed by atoms with Crippen LogP contribution in [0.4, 0.5) is 5.69 Å². The fourth-order valence-corrected chi connectivity index (χ4v) is 2.59. The Morgan fingerprint density at radius 3 is 3.18 bits per heavy atom. The monoisotopic (exact) mass is 244 g/mol. The fraction of sp³-hybridized carbons (Fsp3) is 0.167. The summed E-state index contributed by atoms with van der Waals surface area (Å²) in [5, 5.41) is 4.46. The van der Waals surface area contributed by atoms with Crippen molar-refractivity contribution in [1.29, 1.82) is 0 Å². The highest BCUT2D eigenvalue weighted by Crippen LogP contribution is 2.24. The summed E-state index contributed by atoms with van der Waals surface area (Å²) in [4.78, 5) is 11.5. The number of nitrogens with zero attached hydrogens (tertiary/aromatic N) is 2. The van der Waals surface area contributed by atoms with E-state index in [0.717, 1.165) is 28.5 Å². The molecule has 0 atom stereocenters. The number of anilines is 1. The van der Waals surface area contributed by atoms with Gasteiger partial charge in [0.05, 0.1) is 33.8 Å². The van der Waals surface area contributed by atoms with E-state index < -0.39 is 0 Å². The van der Waals surface area contributed by atoms with Gasteiger partial charge in [-0.2, -0.15) is 0 Å². The Balaban J connectivity index is 1.81. The molecular weight excluding hydrogens is 232 g/mol. The third-order valence-electron chi connectivity index (χ3n) is 2.53. The van der Waals surface area contributed by atoms with Gasteiger partial charge < -0.3 is 10.3 Å². The predicted molar refractivity (Wildman–Crippen MR) is 70.3 cm³/mol. The number of benzene rings is 1. The molecular formula is C12H12N4S. The zero-order chi connectivity index (χ0) is 11.7. The Kier molecular flexibility index (Phi) is 2.53. The summed E-state index contributed by atoms with van der Waals surface area (Å²) < 4.78 is 1.22. The molecule has 1 aromatic carbocycles. The van der Waals surface area contributed by atoms with Gasteiger partial charge in [0.2, 0.25) is 0 Å². The van der Waals surface area contributed by atoms with Crippen molar-refractivity contribution in [3.8, 4) is 0 Å². The van der Waals surface area contributed by atoms with Gasteiger partial charge in [-0.05, 0) is 25.1 Å². The molecule has 0 saturated heterocycles. The molecule has 0 amide bonds. The molecule has 0 aliphatic carbocycles. The molecule has 0 fully saturated rings. The lowest BCUT2D eigenvalue weighted by atomic mass is 10.3. The summed E-state index contributed by atoms with van der Waals surface area (Å²) in [6.45, 7) is 2.78. The third kappa shape index (κ3) is 2.14. The van der Waals surface area contributed by atoms with Gasteiger partial charge in [0, 0.05) is 11.9 Å². The summed E-state index contributed by atoms with van der Waals surface area (Å²) in [6.07, 6.45) is 3.51. The average Bonchev–Trinajstić information content (AvgIpc) is 2.92. The van der Waals surface area contributed by atoms with Crippen molar-refractivity contribution in [2.45, 2.75) is 13.5 Å². The standard InChI is InChI=1S/C12H12N4S/c1-8-16-11-3-2-9(4-12(11)17-8)14-6-10-5-13-7-15-10/h2-5,7,14H,6H2,1H3,(H,13,15). The smallest absolute Gasteiger partial charge is 0.0922 e. The number of hydrogen-bond donors (Lipinski definition) is 2. The van der Waals surface area contributed by atoms with Crippen molar-refractivity contribution in [2.75, 3.05) is 5.32 Å². The molecule has 0 bridgehead atoms. The van der Waals surface area contributed by atoms with Gasteiger partial charge in [-0.15, -0.1) is 11.3 Å². The third-order valence-corrected chi connectivity index (χ3v) is 3.47. The van der Waals surface area contributed by atoms with Crippen LogP contribution in [0.5, 0.6) is 0 Å². The van der Waals surface area contributed by atoms with E-state index in [4.69, 9.17) is 0 Å². The van der Waals surface area contributed by atoms with Crippen LogP contribution in [0.15, 0.2) is 30.7 Å². The van der Waals surface area contributed by atoms with Gasteiger partial charge in [-0.1, -0.05) is 0 Å². The summed E-state index contributed by atoms with van der Waals surface area (Å²) in [7, 11) is 0. The van der Waals surface area contributed by atoms with Crippen molar-refractivity contribution < 1.29 is 0 Å². The van der Waals surface area contributed by atoms with Gasteiger partial charge in [0.25, 0.3) is 0 Å². The first-order valence-electron chi connectivity index (χ1n) is 5.39. The van der Waals surface area contributed by atoms with Crippen molar-refractivity contribution >= 4 is 27.2 Å². The second-order valence-corrected chi connectivity index (χ2v) is 5.08. The molecule has 5 heteroatoms. The van der Waals surface area contributed by atoms with Crippen LogP contribution in [0.25, 0.3) is 10.2 Å². The van der Waals surface area contributed by atoms with Crippen LogP contribution in [0.3, 0.4) is 0 Å². The number of aromatic amines is 1. The highest BCUT2D eigenvalue weighted by molar-refractivity contribution is 7.18. The summed E-state index contributed by atoms with van der Waals surface area (Å²) in [6, 6.07) is 6.24. The molecule has 3 rings (SSSR count). The van der Waals surface area contributed by atoms with Crippen LogP contribution >= 0.6 is 11.3 Å². The first-order chi connectivity index (χ1) is 8.31. The number of rotatable bonds is 3. The van der Waals surface area contributed by atoms with Gasteiger partial charge in [-0.25, -0.2) is 9.97 Å². The molecule has 17 heavy (non-hydrogen) atoms. The molecule has 4 nitrogen and oxygen atoms in total. The number of imidazole rings is 1. The highest BCUT2D eigenvalue weighted by Gasteiger charge is 2.01. The van der Waals surface area contributed by atoms with Crippen molar-refractivity contribution in [2.24, 2.45) is 0 Å². The van der Waals surface area contributed by atoms with Crippen molar-refractivity contribution in [3.05, 3.63) is 41.4 Å². The van der Waals surface area contributed by atoms with Crippen LogP contribution in [0.2, 0.25) is 0 Å². The maximum absolute atomic E-state index is 4.44. The van der Waals surface area contributed by atoms with Gasteiger partial charge >= 0.3 is 0 Å². The molecule has 0 spiro atoms. The van der Waals surface area contributed by atoms with Crippen LogP contribution in [-0.2, 0) is 6.54 Å². The number of thiazole rings is 1. The maximum atomic E-state index is 4.44. The summed E-state index contributed by atoms with van der Waals surface area (Å²) >= 11 is 1.72. The number of aromatic nitrogens is 3. The average molecular weight is 244 g/mol. The molecule has 0 aliphatic heterocycles. The Bertz CT molecular complexity index is 627. The van der Waals surface area contributed by atoms with Crippen LogP contribution in [0, 0.1) is 6.92 Å². The van der Waals surface area contributed by atoms with Crippen LogP contribution in [-0.4, -0.2) is 15.0 Å². The number of aryl methyl sites for hydroxylation is 1. The van der Waals surface area contributed by atoms with E-state index in [9.17, 15) is 0 Å². The largest absolute Gasteiger partial charge is 0.379 e. The SMILES string of the molecule is Cc1nc2ccc(NCc3cnc[nH]3)cc2s1. The van der Waals surface area contributed by atoms with E-state index in [2.05, 4.69) is 32.4 Å². The predicted octanol–water partition coefficient (Wildman–Crippen LogP) is 2.94. The molecule has 2 aromatic heterocycles. The Morgan fingerprint density at radius 2 is 2.35 bits per heavy atom. The van der Waals surface area contributed by atoms with E-state index in [1.807, 2.05) is 19.2 Å². The minimum atomic E-state index is 0.753. The van der Waals surface area contributed by atoms with Gasteiger partial charge in [-0.3, -0.25) is 0 Å². The molecule has 0 saturated carbocycles. The molecule has 0 radical (unpaired) electrons. The first-order valence-corrected chi connectivity index (χ1v) is 6.21. The topological polar surface area (TPSA) is 53.6 Å². The van der Waals surface area contributed by atoms with E-state index >= 15 is 0 Å². The van der Waals surface area contributed by atoms with Crippen molar-refractivity contribution in [3.63, 3.8) is 0 Å². The Morgan fingerprint density at radius 1 is 1.41 bits per heavy atom. The minimum absolute atomic E-state index is 0.753. The number of H-pyrrole nitrogens is 1. The zero-order valence-corrected chi connectivity index (χ0v) is 10.2. The highest BCUT2D eigenvalue weighted by atomic mass is 32.1. The van der Waals surface area contributed by atoms with Gasteiger partial charge in [0.1, 0.15) is 0 Å². The molecule has 2 N–H and O–H groups in total. The summed E-state index contributed by atoms with van der Waals surface area (Å²) in [5.41, 5.74) is 3.25. The van der Waals surface area contributed by atoms with Crippen LogP contribution < -0.4 is 5.32 Å². The number of hydrogen-bond acceptors (Lipinski definition) is 4. The lowest BCUT2D eigenvalue weighted by Gasteiger charge is -2.04. The zero-order valence-electron chi connectivity index (χ0n) is 9.40. The second kappa shape index (κ2) is 4.18. The number of fused-ring (bicyclic) bond motifs is 1. The maximum Gasteiger partial charge on any atom is 0.0922 e. The van der Waals surface area contributed by atoms with E-state index in [1.54, 1.807) is 17.7 Å². The van der Waals surface area contributed by atoms with E-state index in [0.29, 0.717) is 0 Å². The van der Waals surface area contributed by atoms with E-state index in [-0.39, 0.29) is 0 Å². The molecule has 3 aromatic rings. The van der Waals surface area contributed by atoms with Crippen molar-refractivity contribution in [1.82, 2.24) is 15.0 Å². The van der Waals surface area contributed by atoms with Gasteiger partial charge in [0.15, 0.2) is 0 Å². The molecule has 86 valence electrons. The molecule has 0 unspecified atom stereocenters. The van der Waals surface area contributed by atoms with E-state index in [1.165, 1.54) is 4.70 Å². The minimum Gasteiger partial charge on any atom is -0.379 e. The molecule has 0 aliphatic rings. The first kappa shape index (κ1) is 10.3. The fourth-order valence-electron chi connectivity index (χ4n) is 1.73. The second-order valence-electron chi connectivity index (χ2n) is 3.85. The normalized spacial score (nSPS) is 10.9. The Labute approximate surface area is 103 Å². The van der Waals surface area contributed by atoms with Crippen LogP contribution in [0.1, 0.15) is 10.7 Å². The lowest BCUT2D eigenvalue weighted by molar-refractivity contribution is 1.08. The molecule has 2 heterocycles. The number of nitrogens with one attached hydrogen (secondary N) is 2. The lowest BCUT2D eigenvalue weighted by Crippen LogP contribution is -1.98. The summed E-state index contributed by atoms with van der Waals surface area (Å²) in [5.74, 6) is 0. The Hall–Kier alpha value is -1.88.